The highest BCUT2D eigenvalue weighted by Gasteiger charge is 2.12. The predicted molar refractivity (Wildman–Crippen MR) is 75.0 cm³/mol. The summed E-state index contributed by atoms with van der Waals surface area (Å²) in [6, 6.07) is 7.89. The first kappa shape index (κ1) is 13.4. The summed E-state index contributed by atoms with van der Waals surface area (Å²) in [6.07, 6.45) is 1.35. The molecule has 0 atom stereocenters. The van der Waals surface area contributed by atoms with Gasteiger partial charge in [-0.25, -0.2) is 0 Å². The lowest BCUT2D eigenvalue weighted by molar-refractivity contribution is -0.136. The highest BCUT2D eigenvalue weighted by molar-refractivity contribution is 7.99. The van der Waals surface area contributed by atoms with Gasteiger partial charge < -0.3 is 5.11 Å². The molecule has 1 aromatic carbocycles. The molecule has 0 unspecified atom stereocenters. The molecule has 0 amide bonds. The van der Waals surface area contributed by atoms with Gasteiger partial charge in [0, 0.05) is 18.8 Å². The molecule has 1 heterocycles. The molecule has 18 heavy (non-hydrogen) atoms. The number of thioether (sulfide) groups is 1. The van der Waals surface area contributed by atoms with Gasteiger partial charge in [-0.05, 0) is 29.8 Å². The number of hydrogen-bond donors (Lipinski definition) is 1. The molecular weight excluding hydrogens is 246 g/mol. The molecule has 0 bridgehead atoms. The van der Waals surface area contributed by atoms with Gasteiger partial charge in [0.15, 0.2) is 0 Å². The van der Waals surface area contributed by atoms with E-state index in [-0.39, 0.29) is 6.42 Å². The molecule has 1 N–H and O–H groups in total. The Morgan fingerprint density at radius 1 is 1.22 bits per heavy atom. The first-order valence-electron chi connectivity index (χ1n) is 6.34. The number of nitrogens with zero attached hydrogens (tertiary/aromatic N) is 1. The molecule has 3 nitrogen and oxygen atoms in total. The molecule has 0 saturated carbocycles. The van der Waals surface area contributed by atoms with Gasteiger partial charge in [-0.1, -0.05) is 24.3 Å². The van der Waals surface area contributed by atoms with Crippen LogP contribution in [-0.2, 0) is 17.8 Å². The number of carbonyl (C=O) groups is 1. The van der Waals surface area contributed by atoms with E-state index < -0.39 is 5.97 Å². The fraction of sp³-hybridized carbons (Fsp3) is 0.500. The third-order valence-corrected chi connectivity index (χ3v) is 4.22. The second-order valence-corrected chi connectivity index (χ2v) is 5.81. The SMILES string of the molecule is O=C(O)Cc1ccccc1CN1CCCSCC1. The fourth-order valence-electron chi connectivity index (χ4n) is 2.24. The van der Waals surface area contributed by atoms with Crippen molar-refractivity contribution in [3.05, 3.63) is 35.4 Å². The highest BCUT2D eigenvalue weighted by atomic mass is 32.2. The molecule has 1 saturated heterocycles. The minimum absolute atomic E-state index is 0.124. The van der Waals surface area contributed by atoms with E-state index in [0.717, 1.165) is 30.8 Å². The maximum atomic E-state index is 10.9. The van der Waals surface area contributed by atoms with Crippen LogP contribution in [0.15, 0.2) is 24.3 Å². The van der Waals surface area contributed by atoms with Crippen molar-refractivity contribution in [2.24, 2.45) is 0 Å². The van der Waals surface area contributed by atoms with E-state index in [2.05, 4.69) is 11.0 Å². The normalized spacial score (nSPS) is 17.3. The van der Waals surface area contributed by atoms with E-state index in [1.165, 1.54) is 17.9 Å². The van der Waals surface area contributed by atoms with Crippen LogP contribution in [0.25, 0.3) is 0 Å². The molecule has 1 aliphatic heterocycles. The van der Waals surface area contributed by atoms with E-state index in [0.29, 0.717) is 0 Å². The molecule has 1 aromatic rings. The van der Waals surface area contributed by atoms with Crippen molar-refractivity contribution in [2.45, 2.75) is 19.4 Å². The number of benzene rings is 1. The van der Waals surface area contributed by atoms with Gasteiger partial charge in [0.25, 0.3) is 0 Å². The number of hydrogen-bond acceptors (Lipinski definition) is 3. The van der Waals surface area contributed by atoms with Gasteiger partial charge in [-0.3, -0.25) is 9.69 Å². The van der Waals surface area contributed by atoms with E-state index in [4.69, 9.17) is 5.11 Å². The van der Waals surface area contributed by atoms with Crippen molar-refractivity contribution in [3.8, 4) is 0 Å². The molecule has 1 fully saturated rings. The van der Waals surface area contributed by atoms with Crippen LogP contribution in [0.2, 0.25) is 0 Å². The van der Waals surface area contributed by atoms with Crippen LogP contribution in [-0.4, -0.2) is 40.6 Å². The minimum Gasteiger partial charge on any atom is -0.481 e. The zero-order valence-electron chi connectivity index (χ0n) is 10.5. The Kier molecular flexibility index (Phi) is 5.08. The summed E-state index contributed by atoms with van der Waals surface area (Å²) in [5.41, 5.74) is 2.11. The van der Waals surface area contributed by atoms with E-state index >= 15 is 0 Å². The summed E-state index contributed by atoms with van der Waals surface area (Å²) >= 11 is 2.01. The zero-order valence-corrected chi connectivity index (χ0v) is 11.3. The Hall–Kier alpha value is -1.00. The number of rotatable bonds is 4. The summed E-state index contributed by atoms with van der Waals surface area (Å²) in [5.74, 6) is 1.67. The molecule has 0 aliphatic carbocycles. The first-order chi connectivity index (χ1) is 8.75. The Morgan fingerprint density at radius 2 is 2.00 bits per heavy atom. The second-order valence-electron chi connectivity index (χ2n) is 4.58. The summed E-state index contributed by atoms with van der Waals surface area (Å²) in [6.45, 7) is 3.10. The Balaban J connectivity index is 2.04. The third-order valence-electron chi connectivity index (χ3n) is 3.17. The lowest BCUT2D eigenvalue weighted by Gasteiger charge is -2.20. The van der Waals surface area contributed by atoms with Crippen molar-refractivity contribution >= 4 is 17.7 Å². The van der Waals surface area contributed by atoms with Crippen LogP contribution in [0.1, 0.15) is 17.5 Å². The molecule has 0 aromatic heterocycles. The molecule has 2 rings (SSSR count). The van der Waals surface area contributed by atoms with Gasteiger partial charge in [0.1, 0.15) is 0 Å². The maximum Gasteiger partial charge on any atom is 0.307 e. The Bertz CT molecular complexity index is 401. The van der Waals surface area contributed by atoms with E-state index in [1.54, 1.807) is 0 Å². The average Bonchev–Trinajstić information content (AvgIpc) is 2.60. The van der Waals surface area contributed by atoms with Crippen LogP contribution in [0.4, 0.5) is 0 Å². The van der Waals surface area contributed by atoms with Gasteiger partial charge in [-0.2, -0.15) is 11.8 Å². The summed E-state index contributed by atoms with van der Waals surface area (Å²) < 4.78 is 0. The van der Waals surface area contributed by atoms with Gasteiger partial charge >= 0.3 is 5.97 Å². The largest absolute Gasteiger partial charge is 0.481 e. The highest BCUT2D eigenvalue weighted by Crippen LogP contribution is 2.16. The number of carboxylic acids is 1. The monoisotopic (exact) mass is 265 g/mol. The van der Waals surface area contributed by atoms with Gasteiger partial charge in [-0.15, -0.1) is 0 Å². The number of aliphatic carboxylic acids is 1. The number of carboxylic acid groups (broad SMARTS) is 1. The van der Waals surface area contributed by atoms with Crippen molar-refractivity contribution in [1.82, 2.24) is 4.90 Å². The molecule has 98 valence electrons. The van der Waals surface area contributed by atoms with Crippen molar-refractivity contribution in [2.75, 3.05) is 24.6 Å². The van der Waals surface area contributed by atoms with Crippen LogP contribution in [0.5, 0.6) is 0 Å². The summed E-state index contributed by atoms with van der Waals surface area (Å²) in [5, 5.41) is 8.93. The molecule has 0 radical (unpaired) electrons. The first-order valence-corrected chi connectivity index (χ1v) is 7.50. The Labute approximate surface area is 112 Å². The van der Waals surface area contributed by atoms with Gasteiger partial charge in [0.05, 0.1) is 6.42 Å². The quantitative estimate of drug-likeness (QED) is 0.906. The van der Waals surface area contributed by atoms with Gasteiger partial charge in [0.2, 0.25) is 0 Å². The topological polar surface area (TPSA) is 40.5 Å². The van der Waals surface area contributed by atoms with Crippen molar-refractivity contribution < 1.29 is 9.90 Å². The van der Waals surface area contributed by atoms with Crippen LogP contribution < -0.4 is 0 Å². The van der Waals surface area contributed by atoms with Crippen molar-refractivity contribution in [1.29, 1.82) is 0 Å². The Morgan fingerprint density at radius 3 is 2.78 bits per heavy atom. The third kappa shape index (κ3) is 4.03. The standard InChI is InChI=1S/C14H19NO2S/c16-14(17)10-12-4-1-2-5-13(12)11-15-6-3-8-18-9-7-15/h1-2,4-5H,3,6-11H2,(H,16,17). The average molecular weight is 265 g/mol. The van der Waals surface area contributed by atoms with Crippen LogP contribution in [0.3, 0.4) is 0 Å². The molecule has 0 spiro atoms. The zero-order chi connectivity index (χ0) is 12.8. The van der Waals surface area contributed by atoms with Crippen molar-refractivity contribution in [3.63, 3.8) is 0 Å². The van der Waals surface area contributed by atoms with E-state index in [1.807, 2.05) is 30.0 Å². The van der Waals surface area contributed by atoms with E-state index in [9.17, 15) is 4.79 Å². The second kappa shape index (κ2) is 6.81. The minimum atomic E-state index is -0.756. The molecule has 1 aliphatic rings. The lowest BCUT2D eigenvalue weighted by Crippen LogP contribution is -2.26. The molecular formula is C14H19NO2S. The molecule has 4 heteroatoms. The lowest BCUT2D eigenvalue weighted by atomic mass is 10.0. The fourth-order valence-corrected chi connectivity index (χ4v) is 3.17. The smallest absolute Gasteiger partial charge is 0.307 e. The van der Waals surface area contributed by atoms with Crippen LogP contribution >= 0.6 is 11.8 Å². The summed E-state index contributed by atoms with van der Waals surface area (Å²) in [7, 11) is 0. The summed E-state index contributed by atoms with van der Waals surface area (Å²) in [4.78, 5) is 13.3. The maximum absolute atomic E-state index is 10.9. The predicted octanol–water partition coefficient (Wildman–Crippen LogP) is 2.25. The van der Waals surface area contributed by atoms with Crippen LogP contribution in [0, 0.1) is 0 Å².